The lowest BCUT2D eigenvalue weighted by Crippen LogP contribution is -1.88. The number of hydrogen-bond donors (Lipinski definition) is 0. The smallest absolute Gasteiger partial charge is 0.122 e. The Kier molecular flexibility index (Phi) is 1.57. The van der Waals surface area contributed by atoms with Gasteiger partial charge in [-0.05, 0) is 42.5 Å². The van der Waals surface area contributed by atoms with Crippen molar-refractivity contribution in [2.45, 2.75) is 18.8 Å². The van der Waals surface area contributed by atoms with E-state index in [9.17, 15) is 0 Å². The van der Waals surface area contributed by atoms with Crippen molar-refractivity contribution in [1.29, 1.82) is 0 Å². The van der Waals surface area contributed by atoms with E-state index < -0.39 is 0 Å². The standard InChI is InChI=1S/C10H11O/c1-11-10-5-3-2-4-9(10)8-6-7-8/h3-5,8H,6-7H2,1H3. The van der Waals surface area contributed by atoms with Crippen LogP contribution in [0.25, 0.3) is 0 Å². The van der Waals surface area contributed by atoms with Crippen LogP contribution in [0.3, 0.4) is 0 Å². The van der Waals surface area contributed by atoms with E-state index in [0.29, 0.717) is 0 Å². The number of rotatable bonds is 2. The predicted octanol–water partition coefficient (Wildman–Crippen LogP) is 2.37. The molecule has 1 aromatic carbocycles. The van der Waals surface area contributed by atoms with E-state index in [1.165, 1.54) is 18.4 Å². The van der Waals surface area contributed by atoms with Crippen molar-refractivity contribution >= 4 is 0 Å². The molecule has 1 saturated carbocycles. The summed E-state index contributed by atoms with van der Waals surface area (Å²) in [7, 11) is 1.72. The molecule has 1 aromatic rings. The molecule has 1 aliphatic rings. The highest BCUT2D eigenvalue weighted by molar-refractivity contribution is 5.37. The maximum Gasteiger partial charge on any atom is 0.122 e. The van der Waals surface area contributed by atoms with E-state index in [1.807, 2.05) is 18.2 Å². The molecule has 0 spiro atoms. The lowest BCUT2D eigenvalue weighted by Gasteiger charge is -2.04. The molecular weight excluding hydrogens is 136 g/mol. The van der Waals surface area contributed by atoms with Crippen LogP contribution in [0, 0.1) is 6.07 Å². The van der Waals surface area contributed by atoms with Gasteiger partial charge in [0.15, 0.2) is 0 Å². The van der Waals surface area contributed by atoms with Crippen LogP contribution in [-0.4, -0.2) is 7.11 Å². The van der Waals surface area contributed by atoms with Gasteiger partial charge in [-0.15, -0.1) is 0 Å². The van der Waals surface area contributed by atoms with Crippen LogP contribution in [0.15, 0.2) is 18.2 Å². The molecular formula is C10H11O. The number of methoxy groups -OCH3 is 1. The molecule has 0 heterocycles. The van der Waals surface area contributed by atoms with Gasteiger partial charge in [-0.2, -0.15) is 0 Å². The minimum Gasteiger partial charge on any atom is -0.496 e. The maximum atomic E-state index is 5.23. The van der Waals surface area contributed by atoms with E-state index in [-0.39, 0.29) is 0 Å². The van der Waals surface area contributed by atoms with Gasteiger partial charge in [0.25, 0.3) is 0 Å². The van der Waals surface area contributed by atoms with Gasteiger partial charge in [-0.3, -0.25) is 0 Å². The summed E-state index contributed by atoms with van der Waals surface area (Å²) >= 11 is 0. The summed E-state index contributed by atoms with van der Waals surface area (Å²) in [6.07, 6.45) is 2.63. The average Bonchev–Trinajstić information content (AvgIpc) is 2.87. The third-order valence-electron chi connectivity index (χ3n) is 2.09. The highest BCUT2D eigenvalue weighted by Crippen LogP contribution is 2.43. The van der Waals surface area contributed by atoms with Crippen molar-refractivity contribution in [2.24, 2.45) is 0 Å². The van der Waals surface area contributed by atoms with E-state index in [2.05, 4.69) is 6.07 Å². The van der Waals surface area contributed by atoms with Crippen LogP contribution in [0.4, 0.5) is 0 Å². The second-order valence-electron chi connectivity index (χ2n) is 2.94. The Morgan fingerprint density at radius 1 is 1.55 bits per heavy atom. The van der Waals surface area contributed by atoms with Crippen LogP contribution in [0.1, 0.15) is 24.3 Å². The zero-order valence-electron chi connectivity index (χ0n) is 6.63. The Morgan fingerprint density at radius 2 is 2.36 bits per heavy atom. The van der Waals surface area contributed by atoms with Crippen LogP contribution in [0.5, 0.6) is 5.75 Å². The second kappa shape index (κ2) is 2.57. The molecule has 0 amide bonds. The average molecular weight is 147 g/mol. The van der Waals surface area contributed by atoms with Gasteiger partial charge in [0.05, 0.1) is 7.11 Å². The van der Waals surface area contributed by atoms with E-state index in [4.69, 9.17) is 4.74 Å². The Hall–Kier alpha value is -0.980. The van der Waals surface area contributed by atoms with Crippen molar-refractivity contribution in [3.05, 3.63) is 29.8 Å². The van der Waals surface area contributed by atoms with Gasteiger partial charge in [0.2, 0.25) is 0 Å². The third-order valence-corrected chi connectivity index (χ3v) is 2.09. The highest BCUT2D eigenvalue weighted by Gasteiger charge is 2.25. The minimum atomic E-state index is 0.752. The zero-order chi connectivity index (χ0) is 7.68. The fraction of sp³-hybridized carbons (Fsp3) is 0.400. The van der Waals surface area contributed by atoms with Crippen LogP contribution in [-0.2, 0) is 0 Å². The van der Waals surface area contributed by atoms with Gasteiger partial charge in [-0.25, -0.2) is 0 Å². The van der Waals surface area contributed by atoms with Crippen molar-refractivity contribution in [2.75, 3.05) is 7.11 Å². The topological polar surface area (TPSA) is 9.23 Å². The van der Waals surface area contributed by atoms with Crippen LogP contribution >= 0.6 is 0 Å². The molecule has 11 heavy (non-hydrogen) atoms. The first-order valence-corrected chi connectivity index (χ1v) is 3.96. The summed E-state index contributed by atoms with van der Waals surface area (Å²) < 4.78 is 5.23. The second-order valence-corrected chi connectivity index (χ2v) is 2.94. The highest BCUT2D eigenvalue weighted by atomic mass is 16.5. The normalized spacial score (nSPS) is 16.5. The lowest BCUT2D eigenvalue weighted by molar-refractivity contribution is 0.410. The molecule has 2 rings (SSSR count). The SMILES string of the molecule is COc1cc[c]cc1C1CC1. The van der Waals surface area contributed by atoms with Crippen molar-refractivity contribution in [3.8, 4) is 5.75 Å². The molecule has 57 valence electrons. The Bertz CT molecular complexity index is 251. The summed E-state index contributed by atoms with van der Waals surface area (Å²) in [4.78, 5) is 0. The van der Waals surface area contributed by atoms with Crippen LogP contribution in [0.2, 0.25) is 0 Å². The summed E-state index contributed by atoms with van der Waals surface area (Å²) in [5, 5.41) is 0. The number of benzene rings is 1. The Labute approximate surface area is 67.0 Å². The van der Waals surface area contributed by atoms with E-state index in [0.717, 1.165) is 11.7 Å². The fourth-order valence-corrected chi connectivity index (χ4v) is 1.33. The molecule has 0 saturated heterocycles. The van der Waals surface area contributed by atoms with E-state index in [1.54, 1.807) is 7.11 Å². The molecule has 1 heteroatoms. The molecule has 1 nitrogen and oxygen atoms in total. The van der Waals surface area contributed by atoms with E-state index >= 15 is 0 Å². The minimum absolute atomic E-state index is 0.752. The molecule has 0 atom stereocenters. The zero-order valence-corrected chi connectivity index (χ0v) is 6.63. The Morgan fingerprint density at radius 3 is 3.00 bits per heavy atom. The maximum absolute atomic E-state index is 5.23. The largest absolute Gasteiger partial charge is 0.496 e. The van der Waals surface area contributed by atoms with Crippen molar-refractivity contribution in [1.82, 2.24) is 0 Å². The molecule has 0 aromatic heterocycles. The fourth-order valence-electron chi connectivity index (χ4n) is 1.33. The Balaban J connectivity index is 2.34. The van der Waals surface area contributed by atoms with Crippen LogP contribution < -0.4 is 4.74 Å². The monoisotopic (exact) mass is 147 g/mol. The summed E-state index contributed by atoms with van der Waals surface area (Å²) in [6.45, 7) is 0. The third kappa shape index (κ3) is 1.23. The van der Waals surface area contributed by atoms with Crippen molar-refractivity contribution < 1.29 is 4.74 Å². The molecule has 0 N–H and O–H groups in total. The molecule has 1 radical (unpaired) electrons. The molecule has 1 fully saturated rings. The summed E-state index contributed by atoms with van der Waals surface area (Å²) in [5.41, 5.74) is 1.33. The van der Waals surface area contributed by atoms with Gasteiger partial charge < -0.3 is 4.74 Å². The molecule has 0 unspecified atom stereocenters. The van der Waals surface area contributed by atoms with Gasteiger partial charge >= 0.3 is 0 Å². The summed E-state index contributed by atoms with van der Waals surface area (Å²) in [6, 6.07) is 8.99. The van der Waals surface area contributed by atoms with Gasteiger partial charge in [0.1, 0.15) is 5.75 Å². The first-order chi connectivity index (χ1) is 5.42. The lowest BCUT2D eigenvalue weighted by atomic mass is 10.1. The van der Waals surface area contributed by atoms with Gasteiger partial charge in [0, 0.05) is 0 Å². The molecule has 0 aliphatic heterocycles. The van der Waals surface area contributed by atoms with Crippen molar-refractivity contribution in [3.63, 3.8) is 0 Å². The number of ether oxygens (including phenoxy) is 1. The summed E-state index contributed by atoms with van der Waals surface area (Å²) in [5.74, 6) is 1.77. The first kappa shape index (κ1) is 6.71. The van der Waals surface area contributed by atoms with Gasteiger partial charge in [-0.1, -0.05) is 6.07 Å². The predicted molar refractivity (Wildman–Crippen MR) is 43.8 cm³/mol. The number of hydrogen-bond acceptors (Lipinski definition) is 1. The molecule has 0 bridgehead atoms. The molecule has 1 aliphatic carbocycles. The quantitative estimate of drug-likeness (QED) is 0.624. The first-order valence-electron chi connectivity index (χ1n) is 3.96.